The first-order valence-electron chi connectivity index (χ1n) is 14.9. The number of amides is 1. The van der Waals surface area contributed by atoms with Gasteiger partial charge in [-0.3, -0.25) is 4.79 Å². The maximum Gasteiger partial charge on any atom is 0.256 e. The molecule has 40 heavy (non-hydrogen) atoms. The number of halogens is 1. The van der Waals surface area contributed by atoms with Crippen LogP contribution in [0.1, 0.15) is 107 Å². The van der Waals surface area contributed by atoms with E-state index in [0.29, 0.717) is 35.9 Å². The van der Waals surface area contributed by atoms with Gasteiger partial charge in [-0.15, -0.1) is 28.7 Å². The van der Waals surface area contributed by atoms with Gasteiger partial charge in [0, 0.05) is 18.3 Å². The Morgan fingerprint density at radius 3 is 2.17 bits per heavy atom. The van der Waals surface area contributed by atoms with E-state index in [4.69, 9.17) is 9.47 Å². The van der Waals surface area contributed by atoms with E-state index in [0.717, 1.165) is 24.3 Å². The minimum absolute atomic E-state index is 0. The fourth-order valence-corrected chi connectivity index (χ4v) is 5.70. The standard InChI is InChI=1S/C33H48N2O3S.BrH/c1-4-5-6-7-8-9-10-11-12-13-14-17-23-38-32-30(21-18-22-31(32)37-3)34-33(36)29-20-16-15-19-28(29)25-35-24-27(2)39-26-35;/h15-16,18-22,24H,4-14,17,23,25-26H2,1-3H3,(H,34,36);1H. The largest absolute Gasteiger partial charge is 0.493 e. The van der Waals surface area contributed by atoms with Gasteiger partial charge in [-0.25, -0.2) is 0 Å². The molecule has 0 aliphatic carbocycles. The molecule has 0 bridgehead atoms. The number of unbranched alkanes of at least 4 members (excludes halogenated alkanes) is 11. The van der Waals surface area contributed by atoms with Crippen LogP contribution in [-0.4, -0.2) is 30.4 Å². The topological polar surface area (TPSA) is 50.8 Å². The highest BCUT2D eigenvalue weighted by molar-refractivity contribution is 8.93. The number of thioether (sulfide) groups is 1. The smallest absolute Gasteiger partial charge is 0.256 e. The van der Waals surface area contributed by atoms with Crippen LogP contribution >= 0.6 is 28.7 Å². The summed E-state index contributed by atoms with van der Waals surface area (Å²) in [4.78, 5) is 16.9. The molecule has 0 fully saturated rings. The van der Waals surface area contributed by atoms with Crippen molar-refractivity contribution >= 4 is 40.3 Å². The number of para-hydroxylation sites is 1. The van der Waals surface area contributed by atoms with Crippen LogP contribution < -0.4 is 14.8 Å². The molecule has 2 aromatic rings. The SMILES string of the molecule is Br.CCCCCCCCCCCCCCOc1c(NC(=O)c2ccccc2CN2C=C(C)SC2)cccc1OC. The number of nitrogens with zero attached hydrogens (tertiary/aromatic N) is 1. The predicted octanol–water partition coefficient (Wildman–Crippen LogP) is 9.97. The van der Waals surface area contributed by atoms with Crippen LogP contribution in [0.5, 0.6) is 11.5 Å². The van der Waals surface area contributed by atoms with Crippen LogP contribution in [0.2, 0.25) is 0 Å². The highest BCUT2D eigenvalue weighted by Crippen LogP contribution is 2.36. The molecule has 2 aromatic carbocycles. The molecule has 222 valence electrons. The first-order valence-corrected chi connectivity index (χ1v) is 15.8. The van der Waals surface area contributed by atoms with E-state index in [2.05, 4.69) is 30.3 Å². The second-order valence-electron chi connectivity index (χ2n) is 10.4. The molecule has 1 amide bonds. The van der Waals surface area contributed by atoms with E-state index in [1.54, 1.807) is 7.11 Å². The van der Waals surface area contributed by atoms with Crippen molar-refractivity contribution in [3.8, 4) is 11.5 Å². The van der Waals surface area contributed by atoms with Gasteiger partial charge in [-0.2, -0.15) is 0 Å². The van der Waals surface area contributed by atoms with E-state index in [-0.39, 0.29) is 22.9 Å². The molecule has 1 heterocycles. The average molecular weight is 634 g/mol. The van der Waals surface area contributed by atoms with E-state index in [1.165, 1.54) is 69.1 Å². The van der Waals surface area contributed by atoms with Crippen LogP contribution in [0, 0.1) is 0 Å². The third kappa shape index (κ3) is 11.8. The first kappa shape index (κ1) is 34.1. The van der Waals surface area contributed by atoms with Gasteiger partial charge < -0.3 is 19.7 Å². The summed E-state index contributed by atoms with van der Waals surface area (Å²) in [5.74, 6) is 2.01. The number of methoxy groups -OCH3 is 1. The molecule has 1 N–H and O–H groups in total. The number of ether oxygens (including phenoxy) is 2. The zero-order chi connectivity index (χ0) is 27.7. The summed E-state index contributed by atoms with van der Waals surface area (Å²) >= 11 is 1.82. The van der Waals surface area contributed by atoms with E-state index < -0.39 is 0 Å². The summed E-state index contributed by atoms with van der Waals surface area (Å²) in [7, 11) is 1.64. The van der Waals surface area contributed by atoms with Gasteiger partial charge in [0.05, 0.1) is 25.3 Å². The molecule has 0 radical (unpaired) electrons. The summed E-state index contributed by atoms with van der Waals surface area (Å²) in [5, 5.41) is 3.09. The van der Waals surface area contributed by atoms with E-state index in [9.17, 15) is 4.79 Å². The van der Waals surface area contributed by atoms with Crippen molar-refractivity contribution in [2.45, 2.75) is 97.4 Å². The van der Waals surface area contributed by atoms with Crippen LogP contribution in [-0.2, 0) is 6.54 Å². The second-order valence-corrected chi connectivity index (χ2v) is 11.6. The van der Waals surface area contributed by atoms with E-state index >= 15 is 0 Å². The number of nitrogens with one attached hydrogen (secondary N) is 1. The number of carbonyl (C=O) groups excluding carboxylic acids is 1. The number of rotatable bonds is 19. The second kappa shape index (κ2) is 19.9. The summed E-state index contributed by atoms with van der Waals surface area (Å²) in [5.41, 5.74) is 2.32. The van der Waals surface area contributed by atoms with Crippen LogP contribution in [0.3, 0.4) is 0 Å². The lowest BCUT2D eigenvalue weighted by atomic mass is 10.1. The predicted molar refractivity (Wildman–Crippen MR) is 176 cm³/mol. The van der Waals surface area contributed by atoms with Crippen molar-refractivity contribution in [2.24, 2.45) is 0 Å². The van der Waals surface area contributed by atoms with Crippen molar-refractivity contribution in [3.63, 3.8) is 0 Å². The molecule has 7 heteroatoms. The Bertz CT molecular complexity index is 1050. The van der Waals surface area contributed by atoms with Crippen molar-refractivity contribution in [3.05, 3.63) is 64.7 Å². The van der Waals surface area contributed by atoms with Gasteiger partial charge >= 0.3 is 0 Å². The fraction of sp³-hybridized carbons (Fsp3) is 0.545. The molecular formula is C33H49BrN2O3S. The van der Waals surface area contributed by atoms with Gasteiger partial charge in [0.25, 0.3) is 5.91 Å². The third-order valence-electron chi connectivity index (χ3n) is 7.15. The zero-order valence-electron chi connectivity index (χ0n) is 24.7. The Hall–Kier alpha value is -2.12. The molecule has 0 unspecified atom stereocenters. The zero-order valence-corrected chi connectivity index (χ0v) is 27.2. The summed E-state index contributed by atoms with van der Waals surface area (Å²) in [6.45, 7) is 5.70. The Morgan fingerprint density at radius 2 is 1.55 bits per heavy atom. The molecule has 3 rings (SSSR count). The highest BCUT2D eigenvalue weighted by Gasteiger charge is 2.18. The Labute approximate surface area is 257 Å². The highest BCUT2D eigenvalue weighted by atomic mass is 79.9. The first-order chi connectivity index (χ1) is 19.1. The number of benzene rings is 2. The number of anilines is 1. The monoisotopic (exact) mass is 632 g/mol. The fourth-order valence-electron chi connectivity index (χ4n) is 4.94. The number of hydrogen-bond donors (Lipinski definition) is 1. The quantitative estimate of drug-likeness (QED) is 0.156. The van der Waals surface area contributed by atoms with E-state index in [1.807, 2.05) is 54.2 Å². The lowest BCUT2D eigenvalue weighted by Crippen LogP contribution is -2.19. The van der Waals surface area contributed by atoms with Crippen molar-refractivity contribution in [2.75, 3.05) is 24.9 Å². The number of allylic oxidation sites excluding steroid dienone is 1. The van der Waals surface area contributed by atoms with Crippen molar-refractivity contribution in [1.29, 1.82) is 0 Å². The maximum absolute atomic E-state index is 13.4. The molecule has 1 aliphatic rings. The summed E-state index contributed by atoms with van der Waals surface area (Å²) in [6.07, 6.45) is 17.8. The van der Waals surface area contributed by atoms with Gasteiger partial charge in [0.1, 0.15) is 0 Å². The maximum atomic E-state index is 13.4. The minimum Gasteiger partial charge on any atom is -0.493 e. The molecule has 0 saturated carbocycles. The van der Waals surface area contributed by atoms with Gasteiger partial charge in [0.2, 0.25) is 0 Å². The minimum atomic E-state index is -0.137. The summed E-state index contributed by atoms with van der Waals surface area (Å²) < 4.78 is 11.7. The van der Waals surface area contributed by atoms with Gasteiger partial charge in [0.15, 0.2) is 11.5 Å². The van der Waals surface area contributed by atoms with Gasteiger partial charge in [-0.1, -0.05) is 102 Å². The molecular weight excluding hydrogens is 584 g/mol. The molecule has 0 atom stereocenters. The van der Waals surface area contributed by atoms with Crippen molar-refractivity contribution in [1.82, 2.24) is 4.90 Å². The Balaban J connectivity index is 0.00000560. The third-order valence-corrected chi connectivity index (χ3v) is 8.17. The summed E-state index contributed by atoms with van der Waals surface area (Å²) in [6, 6.07) is 13.4. The van der Waals surface area contributed by atoms with Gasteiger partial charge in [-0.05, 0) is 42.0 Å². The Kier molecular flexibility index (Phi) is 16.9. The number of hydrogen-bond acceptors (Lipinski definition) is 5. The lowest BCUT2D eigenvalue weighted by Gasteiger charge is -2.18. The Morgan fingerprint density at radius 1 is 0.900 bits per heavy atom. The average Bonchev–Trinajstić information content (AvgIpc) is 3.36. The lowest BCUT2D eigenvalue weighted by molar-refractivity contribution is 0.102. The molecule has 0 saturated heterocycles. The molecule has 1 aliphatic heterocycles. The van der Waals surface area contributed by atoms with Crippen LogP contribution in [0.25, 0.3) is 0 Å². The normalized spacial score (nSPS) is 12.6. The molecule has 0 spiro atoms. The molecule has 5 nitrogen and oxygen atoms in total. The number of carbonyl (C=O) groups is 1. The van der Waals surface area contributed by atoms with Crippen LogP contribution in [0.15, 0.2) is 53.6 Å². The molecule has 0 aromatic heterocycles. The van der Waals surface area contributed by atoms with Crippen molar-refractivity contribution < 1.29 is 14.3 Å². The van der Waals surface area contributed by atoms with Crippen LogP contribution in [0.4, 0.5) is 5.69 Å².